The van der Waals surface area contributed by atoms with Gasteiger partial charge in [0.25, 0.3) is 11.6 Å². The van der Waals surface area contributed by atoms with Crippen molar-refractivity contribution in [3.8, 4) is 0 Å². The molecule has 2 N–H and O–H groups in total. The van der Waals surface area contributed by atoms with Gasteiger partial charge in [0.05, 0.1) is 4.92 Å². The molecule has 2 amide bonds. The van der Waals surface area contributed by atoms with Crippen molar-refractivity contribution in [2.24, 2.45) is 0 Å². The Bertz CT molecular complexity index is 700. The lowest BCUT2D eigenvalue weighted by Gasteiger charge is -2.07. The maximum atomic E-state index is 12.0. The van der Waals surface area contributed by atoms with Crippen LogP contribution in [-0.2, 0) is 4.79 Å². The molecule has 7 nitrogen and oxygen atoms in total. The molecule has 0 spiro atoms. The van der Waals surface area contributed by atoms with Crippen molar-refractivity contribution < 1.29 is 14.5 Å². The molecule has 0 saturated carbocycles. The molecule has 2 aromatic rings. The molecule has 0 aliphatic rings. The molecule has 21 heavy (non-hydrogen) atoms. The first-order valence-electron chi connectivity index (χ1n) is 5.96. The monoisotopic (exact) mass is 285 g/mol. The summed E-state index contributed by atoms with van der Waals surface area (Å²) in [5, 5.41) is 15.8. The van der Waals surface area contributed by atoms with E-state index < -0.39 is 10.8 Å². The average Bonchev–Trinajstić information content (AvgIpc) is 2.48. The number of nitro groups is 1. The smallest absolute Gasteiger partial charge is 0.270 e. The highest BCUT2D eigenvalue weighted by Gasteiger charge is 2.11. The molecule has 106 valence electrons. The number of nitro benzene ring substituents is 1. The summed E-state index contributed by atoms with van der Waals surface area (Å²) in [5.41, 5.74) is 1.03. The number of nitrogens with one attached hydrogen (secondary N) is 2. The lowest BCUT2D eigenvalue weighted by Crippen LogP contribution is -2.12. The van der Waals surface area contributed by atoms with Crippen molar-refractivity contribution in [3.63, 3.8) is 0 Å². The molecule has 0 atom stereocenters. The predicted molar refractivity (Wildman–Crippen MR) is 77.2 cm³/mol. The zero-order valence-electron chi connectivity index (χ0n) is 10.8. The Labute approximate surface area is 119 Å². The number of amides is 2. The van der Waals surface area contributed by atoms with Crippen molar-refractivity contribution in [1.82, 2.24) is 0 Å². The summed E-state index contributed by atoms with van der Waals surface area (Å²) in [6.45, 7) is 0. The van der Waals surface area contributed by atoms with E-state index in [1.165, 1.54) is 24.3 Å². The van der Waals surface area contributed by atoms with E-state index in [1.807, 2.05) is 0 Å². The number of hydrogen-bond acceptors (Lipinski definition) is 4. The normalized spacial score (nSPS) is 9.71. The van der Waals surface area contributed by atoms with Gasteiger partial charge in [0.2, 0.25) is 6.41 Å². The SMILES string of the molecule is O=CNc1cccc(NC(=O)c2cccc([N+](=O)[O-])c2)c1. The van der Waals surface area contributed by atoms with Crippen molar-refractivity contribution >= 4 is 29.4 Å². The Morgan fingerprint density at radius 1 is 1.10 bits per heavy atom. The van der Waals surface area contributed by atoms with Crippen LogP contribution in [0.1, 0.15) is 10.4 Å². The number of hydrogen-bond donors (Lipinski definition) is 2. The number of non-ortho nitro benzene ring substituents is 1. The highest BCUT2D eigenvalue weighted by Crippen LogP contribution is 2.17. The largest absolute Gasteiger partial charge is 0.329 e. The number of rotatable bonds is 5. The number of anilines is 2. The minimum absolute atomic E-state index is 0.154. The minimum Gasteiger partial charge on any atom is -0.329 e. The Hall–Kier alpha value is -3.22. The summed E-state index contributed by atoms with van der Waals surface area (Å²) >= 11 is 0. The van der Waals surface area contributed by atoms with Crippen LogP contribution in [0.25, 0.3) is 0 Å². The first kappa shape index (κ1) is 14.2. The second kappa shape index (κ2) is 6.29. The van der Waals surface area contributed by atoms with Crippen molar-refractivity contribution in [1.29, 1.82) is 0 Å². The zero-order valence-corrected chi connectivity index (χ0v) is 10.8. The topological polar surface area (TPSA) is 101 Å². The number of carbonyl (C=O) groups excluding carboxylic acids is 2. The van der Waals surface area contributed by atoms with Gasteiger partial charge in [-0.3, -0.25) is 19.7 Å². The lowest BCUT2D eigenvalue weighted by molar-refractivity contribution is -0.384. The lowest BCUT2D eigenvalue weighted by atomic mass is 10.2. The van der Waals surface area contributed by atoms with E-state index >= 15 is 0 Å². The van der Waals surface area contributed by atoms with Crippen molar-refractivity contribution in [3.05, 3.63) is 64.2 Å². The zero-order chi connectivity index (χ0) is 15.2. The van der Waals surface area contributed by atoms with Crippen LogP contribution in [0.4, 0.5) is 17.1 Å². The van der Waals surface area contributed by atoms with Gasteiger partial charge >= 0.3 is 0 Å². The van der Waals surface area contributed by atoms with E-state index in [9.17, 15) is 19.7 Å². The van der Waals surface area contributed by atoms with Gasteiger partial charge in [-0.1, -0.05) is 12.1 Å². The molecule has 0 unspecified atom stereocenters. The van der Waals surface area contributed by atoms with Gasteiger partial charge in [-0.15, -0.1) is 0 Å². The summed E-state index contributed by atoms with van der Waals surface area (Å²) in [6.07, 6.45) is 0.529. The van der Waals surface area contributed by atoms with Crippen LogP contribution in [0.2, 0.25) is 0 Å². The van der Waals surface area contributed by atoms with E-state index in [0.29, 0.717) is 17.8 Å². The number of nitrogens with zero attached hydrogens (tertiary/aromatic N) is 1. The third-order valence-corrected chi connectivity index (χ3v) is 2.67. The van der Waals surface area contributed by atoms with Crippen LogP contribution in [-0.4, -0.2) is 17.2 Å². The second-order valence-electron chi connectivity index (χ2n) is 4.10. The van der Waals surface area contributed by atoms with Crippen molar-refractivity contribution in [2.45, 2.75) is 0 Å². The molecule has 0 aliphatic carbocycles. The summed E-state index contributed by atoms with van der Waals surface area (Å²) in [4.78, 5) is 32.5. The van der Waals surface area contributed by atoms with Gasteiger partial charge in [-0.25, -0.2) is 0 Å². The Morgan fingerprint density at radius 3 is 2.52 bits per heavy atom. The van der Waals surface area contributed by atoms with Crippen LogP contribution in [0.15, 0.2) is 48.5 Å². The Kier molecular flexibility index (Phi) is 4.25. The standard InChI is InChI=1S/C14H11N3O4/c18-9-15-11-4-2-5-12(8-11)16-14(19)10-3-1-6-13(7-10)17(20)21/h1-9H,(H,15,18)(H,16,19). The minimum atomic E-state index is -0.564. The molecule has 7 heteroatoms. The number of carbonyl (C=O) groups is 2. The van der Waals surface area contributed by atoms with E-state index in [1.54, 1.807) is 24.3 Å². The maximum Gasteiger partial charge on any atom is 0.270 e. The van der Waals surface area contributed by atoms with Gasteiger partial charge in [0.15, 0.2) is 0 Å². The summed E-state index contributed by atoms with van der Waals surface area (Å²) in [6, 6.07) is 12.0. The first-order valence-corrected chi connectivity index (χ1v) is 5.96. The van der Waals surface area contributed by atoms with E-state index in [4.69, 9.17) is 0 Å². The molecular formula is C14H11N3O4. The molecule has 0 aromatic heterocycles. The molecule has 0 radical (unpaired) electrons. The van der Waals surface area contributed by atoms with Gasteiger partial charge in [-0.05, 0) is 24.3 Å². The Balaban J connectivity index is 2.17. The third-order valence-electron chi connectivity index (χ3n) is 2.67. The fourth-order valence-electron chi connectivity index (χ4n) is 1.72. The summed E-state index contributed by atoms with van der Waals surface area (Å²) < 4.78 is 0. The maximum absolute atomic E-state index is 12.0. The van der Waals surface area contributed by atoms with Crippen LogP contribution >= 0.6 is 0 Å². The first-order chi connectivity index (χ1) is 10.1. The molecule has 2 aromatic carbocycles. The van der Waals surface area contributed by atoms with Crippen LogP contribution < -0.4 is 10.6 Å². The van der Waals surface area contributed by atoms with Crippen LogP contribution in [0.5, 0.6) is 0 Å². The molecule has 0 bridgehead atoms. The fourth-order valence-corrected chi connectivity index (χ4v) is 1.72. The number of benzene rings is 2. The third kappa shape index (κ3) is 3.63. The highest BCUT2D eigenvalue weighted by atomic mass is 16.6. The van der Waals surface area contributed by atoms with Crippen molar-refractivity contribution in [2.75, 3.05) is 10.6 Å². The molecule has 0 saturated heterocycles. The fraction of sp³-hybridized carbons (Fsp3) is 0. The molecular weight excluding hydrogens is 274 g/mol. The molecule has 0 fully saturated rings. The van der Waals surface area contributed by atoms with Gasteiger partial charge in [0, 0.05) is 29.1 Å². The Morgan fingerprint density at radius 2 is 1.81 bits per heavy atom. The highest BCUT2D eigenvalue weighted by molar-refractivity contribution is 6.04. The summed E-state index contributed by atoms with van der Waals surface area (Å²) in [5.74, 6) is -0.470. The van der Waals surface area contributed by atoms with E-state index in [2.05, 4.69) is 10.6 Å². The van der Waals surface area contributed by atoms with E-state index in [0.717, 1.165) is 0 Å². The quantitative estimate of drug-likeness (QED) is 0.500. The molecule has 0 heterocycles. The molecule has 0 aliphatic heterocycles. The van der Waals surface area contributed by atoms with Gasteiger partial charge in [0.1, 0.15) is 0 Å². The second-order valence-corrected chi connectivity index (χ2v) is 4.10. The predicted octanol–water partition coefficient (Wildman–Crippen LogP) is 2.42. The molecule has 2 rings (SSSR count). The van der Waals surface area contributed by atoms with Crippen LogP contribution in [0.3, 0.4) is 0 Å². The van der Waals surface area contributed by atoms with Gasteiger partial charge < -0.3 is 10.6 Å². The van der Waals surface area contributed by atoms with Crippen LogP contribution in [0, 0.1) is 10.1 Å². The van der Waals surface area contributed by atoms with E-state index in [-0.39, 0.29) is 11.3 Å². The summed E-state index contributed by atoms with van der Waals surface area (Å²) in [7, 11) is 0. The average molecular weight is 285 g/mol. The van der Waals surface area contributed by atoms with Gasteiger partial charge in [-0.2, -0.15) is 0 Å².